The second-order valence-electron chi connectivity index (χ2n) is 5.59. The largest absolute Gasteiger partial charge is 0.373 e. The molecule has 1 unspecified atom stereocenters. The van der Waals surface area contributed by atoms with E-state index < -0.39 is 0 Å². The van der Waals surface area contributed by atoms with Crippen LogP contribution in [0, 0.1) is 0 Å². The van der Waals surface area contributed by atoms with Crippen LogP contribution in [0.25, 0.3) is 0 Å². The smallest absolute Gasteiger partial charge is 0.119 e. The Bertz CT molecular complexity index is 367. The van der Waals surface area contributed by atoms with Gasteiger partial charge in [-0.2, -0.15) is 0 Å². The molecule has 0 saturated carbocycles. The summed E-state index contributed by atoms with van der Waals surface area (Å²) in [5, 5.41) is 6.46. The second kappa shape index (κ2) is 6.10. The number of morpholine rings is 1. The number of hydrogen-bond acceptors (Lipinski definition) is 5. The maximum absolute atomic E-state index is 5.67. The highest BCUT2D eigenvalue weighted by Gasteiger charge is 2.18. The fourth-order valence-electron chi connectivity index (χ4n) is 1.73. The van der Waals surface area contributed by atoms with Gasteiger partial charge in [-0.25, -0.2) is 4.98 Å². The van der Waals surface area contributed by atoms with E-state index in [0.29, 0.717) is 13.2 Å². The summed E-state index contributed by atoms with van der Waals surface area (Å²) in [7, 11) is 0. The lowest BCUT2D eigenvalue weighted by Gasteiger charge is -2.23. The van der Waals surface area contributed by atoms with Crippen LogP contribution in [-0.4, -0.2) is 37.4 Å². The molecular weight excluding hydrogens is 248 g/mol. The standard InChI is InChI=1S/C13H22N2O2S/c1-13(2,3)11-9-18-12(15-11)8-16-7-10-6-14-4-5-17-10/h9-10,14H,4-8H2,1-3H3. The molecule has 0 aliphatic carbocycles. The molecule has 1 aromatic heterocycles. The first-order chi connectivity index (χ1) is 8.55. The van der Waals surface area contributed by atoms with Gasteiger partial charge in [0.25, 0.3) is 0 Å². The van der Waals surface area contributed by atoms with E-state index in [2.05, 4.69) is 36.5 Å². The molecule has 4 nitrogen and oxygen atoms in total. The van der Waals surface area contributed by atoms with Crippen LogP contribution >= 0.6 is 11.3 Å². The quantitative estimate of drug-likeness (QED) is 0.908. The zero-order chi connectivity index (χ0) is 13.0. The van der Waals surface area contributed by atoms with Crippen LogP contribution in [0.3, 0.4) is 0 Å². The third kappa shape index (κ3) is 4.02. The number of rotatable bonds is 4. The monoisotopic (exact) mass is 270 g/mol. The van der Waals surface area contributed by atoms with Crippen LogP contribution in [0.15, 0.2) is 5.38 Å². The summed E-state index contributed by atoms with van der Waals surface area (Å²) in [5.74, 6) is 0. The molecule has 0 amide bonds. The fraction of sp³-hybridized carbons (Fsp3) is 0.769. The first kappa shape index (κ1) is 13.9. The van der Waals surface area contributed by atoms with E-state index in [1.54, 1.807) is 11.3 Å². The Hall–Kier alpha value is -0.490. The van der Waals surface area contributed by atoms with Gasteiger partial charge in [-0.3, -0.25) is 0 Å². The molecule has 1 aliphatic rings. The van der Waals surface area contributed by atoms with Gasteiger partial charge in [0.15, 0.2) is 0 Å². The number of ether oxygens (including phenoxy) is 2. The van der Waals surface area contributed by atoms with Gasteiger partial charge in [-0.1, -0.05) is 20.8 Å². The van der Waals surface area contributed by atoms with E-state index in [1.807, 2.05) is 0 Å². The Labute approximate surface area is 113 Å². The Morgan fingerprint density at radius 2 is 2.39 bits per heavy atom. The molecule has 1 aliphatic heterocycles. The lowest BCUT2D eigenvalue weighted by atomic mass is 9.93. The van der Waals surface area contributed by atoms with Crippen molar-refractivity contribution in [1.82, 2.24) is 10.3 Å². The van der Waals surface area contributed by atoms with Gasteiger partial charge in [-0.15, -0.1) is 11.3 Å². The van der Waals surface area contributed by atoms with Gasteiger partial charge in [0, 0.05) is 23.9 Å². The molecule has 2 heterocycles. The molecule has 0 radical (unpaired) electrons. The summed E-state index contributed by atoms with van der Waals surface area (Å²) in [6, 6.07) is 0. The van der Waals surface area contributed by atoms with Crippen LogP contribution in [0.1, 0.15) is 31.5 Å². The maximum atomic E-state index is 5.67. The zero-order valence-electron chi connectivity index (χ0n) is 11.4. The lowest BCUT2D eigenvalue weighted by molar-refractivity contribution is -0.0358. The molecule has 1 aromatic rings. The first-order valence-electron chi connectivity index (χ1n) is 6.40. The molecule has 102 valence electrons. The van der Waals surface area contributed by atoms with Gasteiger partial charge < -0.3 is 14.8 Å². The number of hydrogen-bond donors (Lipinski definition) is 1. The minimum absolute atomic E-state index is 0.116. The number of aromatic nitrogens is 1. The number of nitrogens with zero attached hydrogens (tertiary/aromatic N) is 1. The molecule has 0 aromatic carbocycles. The third-order valence-corrected chi connectivity index (χ3v) is 3.68. The van der Waals surface area contributed by atoms with Crippen LogP contribution < -0.4 is 5.32 Å². The summed E-state index contributed by atoms with van der Waals surface area (Å²) < 4.78 is 11.2. The third-order valence-electron chi connectivity index (χ3n) is 2.85. The molecular formula is C13H22N2O2S. The van der Waals surface area contributed by atoms with Crippen molar-refractivity contribution in [3.63, 3.8) is 0 Å². The Balaban J connectivity index is 1.74. The minimum Gasteiger partial charge on any atom is -0.373 e. The molecule has 1 N–H and O–H groups in total. The Morgan fingerprint density at radius 1 is 1.56 bits per heavy atom. The average Bonchev–Trinajstić information content (AvgIpc) is 2.79. The van der Waals surface area contributed by atoms with E-state index in [4.69, 9.17) is 9.47 Å². The summed E-state index contributed by atoms with van der Waals surface area (Å²) >= 11 is 1.67. The van der Waals surface area contributed by atoms with Gasteiger partial charge in [0.1, 0.15) is 5.01 Å². The summed E-state index contributed by atoms with van der Waals surface area (Å²) in [5.41, 5.74) is 1.26. The van der Waals surface area contributed by atoms with Crippen molar-refractivity contribution in [1.29, 1.82) is 0 Å². The normalized spacial score (nSPS) is 21.2. The Morgan fingerprint density at radius 3 is 3.00 bits per heavy atom. The minimum atomic E-state index is 0.116. The van der Waals surface area contributed by atoms with Crippen molar-refractivity contribution < 1.29 is 9.47 Å². The van der Waals surface area contributed by atoms with Gasteiger partial charge in [0.2, 0.25) is 0 Å². The molecule has 1 fully saturated rings. The number of thiazole rings is 1. The summed E-state index contributed by atoms with van der Waals surface area (Å²) in [4.78, 5) is 4.60. The predicted molar refractivity (Wildman–Crippen MR) is 73.1 cm³/mol. The van der Waals surface area contributed by atoms with Crippen LogP contribution in [0.5, 0.6) is 0 Å². The highest BCUT2D eigenvalue weighted by Crippen LogP contribution is 2.24. The molecule has 5 heteroatoms. The second-order valence-corrected chi connectivity index (χ2v) is 6.53. The lowest BCUT2D eigenvalue weighted by Crippen LogP contribution is -2.40. The van der Waals surface area contributed by atoms with Crippen molar-refractivity contribution in [2.75, 3.05) is 26.3 Å². The number of nitrogens with one attached hydrogen (secondary N) is 1. The maximum Gasteiger partial charge on any atom is 0.119 e. The molecule has 0 spiro atoms. The summed E-state index contributed by atoms with van der Waals surface area (Å²) in [6.45, 7) is 10.3. The van der Waals surface area contributed by atoms with Crippen molar-refractivity contribution in [3.05, 3.63) is 16.1 Å². The zero-order valence-corrected chi connectivity index (χ0v) is 12.2. The Kier molecular flexibility index (Phi) is 4.72. The van der Waals surface area contributed by atoms with E-state index in [-0.39, 0.29) is 11.5 Å². The molecule has 2 rings (SSSR count). The van der Waals surface area contributed by atoms with E-state index >= 15 is 0 Å². The van der Waals surface area contributed by atoms with Crippen molar-refractivity contribution in [2.45, 2.75) is 38.9 Å². The molecule has 1 saturated heterocycles. The molecule has 18 heavy (non-hydrogen) atoms. The van der Waals surface area contributed by atoms with Crippen LogP contribution in [0.4, 0.5) is 0 Å². The van der Waals surface area contributed by atoms with Crippen molar-refractivity contribution in [2.24, 2.45) is 0 Å². The van der Waals surface area contributed by atoms with E-state index in [0.717, 1.165) is 30.4 Å². The SMILES string of the molecule is CC(C)(C)c1csc(COCC2CNCCO2)n1. The highest BCUT2D eigenvalue weighted by molar-refractivity contribution is 7.09. The highest BCUT2D eigenvalue weighted by atomic mass is 32.1. The van der Waals surface area contributed by atoms with Crippen molar-refractivity contribution in [3.8, 4) is 0 Å². The average molecular weight is 270 g/mol. The van der Waals surface area contributed by atoms with Crippen LogP contribution in [0.2, 0.25) is 0 Å². The molecule has 0 bridgehead atoms. The fourth-order valence-corrected chi connectivity index (χ4v) is 2.68. The summed E-state index contributed by atoms with van der Waals surface area (Å²) in [6.07, 6.45) is 0.181. The first-order valence-corrected chi connectivity index (χ1v) is 7.28. The van der Waals surface area contributed by atoms with Gasteiger partial charge in [-0.05, 0) is 0 Å². The molecule has 1 atom stereocenters. The predicted octanol–water partition coefficient (Wildman–Crippen LogP) is 1.95. The topological polar surface area (TPSA) is 43.4 Å². The van der Waals surface area contributed by atoms with Gasteiger partial charge >= 0.3 is 0 Å². The van der Waals surface area contributed by atoms with E-state index in [9.17, 15) is 0 Å². The van der Waals surface area contributed by atoms with Crippen molar-refractivity contribution >= 4 is 11.3 Å². The van der Waals surface area contributed by atoms with E-state index in [1.165, 1.54) is 0 Å². The van der Waals surface area contributed by atoms with Gasteiger partial charge in [0.05, 0.1) is 31.6 Å². The van der Waals surface area contributed by atoms with Crippen LogP contribution in [-0.2, 0) is 21.5 Å².